The number of rotatable bonds is 6. The van der Waals surface area contributed by atoms with Gasteiger partial charge in [0.1, 0.15) is 16.6 Å². The molecule has 0 spiro atoms. The maximum absolute atomic E-state index is 11.7. The summed E-state index contributed by atoms with van der Waals surface area (Å²) in [5, 5.41) is 6.16. The van der Waals surface area contributed by atoms with Crippen LogP contribution >= 0.6 is 11.6 Å². The third kappa shape index (κ3) is 3.81. The van der Waals surface area contributed by atoms with Crippen LogP contribution in [0.1, 0.15) is 0 Å². The molecule has 0 fully saturated rings. The van der Waals surface area contributed by atoms with Crippen molar-refractivity contribution in [3.63, 3.8) is 0 Å². The SMILES string of the molecule is CNc1nc(Nc2ccc(S(=O)(=O)OC)cc2OC)ncc1Cl. The summed E-state index contributed by atoms with van der Waals surface area (Å²) >= 11 is 5.92. The molecular formula is C13H15ClN4O4S. The minimum absolute atomic E-state index is 0.0182. The molecule has 0 aliphatic heterocycles. The molecule has 0 unspecified atom stereocenters. The molecule has 1 heterocycles. The van der Waals surface area contributed by atoms with Crippen molar-refractivity contribution < 1.29 is 17.3 Å². The monoisotopic (exact) mass is 358 g/mol. The Morgan fingerprint density at radius 2 is 2.00 bits per heavy atom. The fourth-order valence-electron chi connectivity index (χ4n) is 1.75. The van der Waals surface area contributed by atoms with E-state index >= 15 is 0 Å². The summed E-state index contributed by atoms with van der Waals surface area (Å²) < 4.78 is 33.1. The second kappa shape index (κ2) is 6.99. The molecule has 0 aliphatic carbocycles. The Labute approximate surface area is 138 Å². The fraction of sp³-hybridized carbons (Fsp3) is 0.231. The topological polar surface area (TPSA) is 102 Å². The number of nitrogens with zero attached hydrogens (tertiary/aromatic N) is 2. The number of halogens is 1. The summed E-state index contributed by atoms with van der Waals surface area (Å²) in [5.74, 6) is 1.04. The van der Waals surface area contributed by atoms with Gasteiger partial charge in [-0.05, 0) is 12.1 Å². The number of hydrogen-bond donors (Lipinski definition) is 2. The van der Waals surface area contributed by atoms with Crippen molar-refractivity contribution >= 4 is 39.2 Å². The minimum atomic E-state index is -3.80. The summed E-state index contributed by atoms with van der Waals surface area (Å²) in [7, 11) is 0.394. The van der Waals surface area contributed by atoms with E-state index in [2.05, 4.69) is 24.8 Å². The zero-order chi connectivity index (χ0) is 17.0. The van der Waals surface area contributed by atoms with Gasteiger partial charge in [-0.25, -0.2) is 4.98 Å². The molecule has 23 heavy (non-hydrogen) atoms. The van der Waals surface area contributed by atoms with Crippen molar-refractivity contribution in [2.24, 2.45) is 0 Å². The van der Waals surface area contributed by atoms with Crippen molar-refractivity contribution in [3.8, 4) is 5.75 Å². The van der Waals surface area contributed by atoms with Gasteiger partial charge in [0.05, 0.1) is 31.0 Å². The highest BCUT2D eigenvalue weighted by molar-refractivity contribution is 7.86. The van der Waals surface area contributed by atoms with Crippen LogP contribution < -0.4 is 15.4 Å². The van der Waals surface area contributed by atoms with E-state index in [1.807, 2.05) is 0 Å². The number of methoxy groups -OCH3 is 1. The summed E-state index contributed by atoms with van der Waals surface area (Å²) in [6, 6.07) is 4.26. The standard InChI is InChI=1S/C13H15ClN4O4S/c1-15-12-9(14)7-16-13(18-12)17-10-5-4-8(6-11(10)21-2)23(19,20)22-3/h4-7H,1-3H3,(H2,15,16,17,18). The van der Waals surface area contributed by atoms with Gasteiger partial charge >= 0.3 is 0 Å². The van der Waals surface area contributed by atoms with Gasteiger partial charge in [0.15, 0.2) is 0 Å². The smallest absolute Gasteiger partial charge is 0.296 e. The number of hydrogen-bond acceptors (Lipinski definition) is 8. The molecule has 10 heteroatoms. The van der Waals surface area contributed by atoms with Gasteiger partial charge in [-0.2, -0.15) is 13.4 Å². The van der Waals surface area contributed by atoms with Crippen LogP contribution in [0.2, 0.25) is 5.02 Å². The summed E-state index contributed by atoms with van der Waals surface area (Å²) in [4.78, 5) is 8.22. The Bertz CT molecular complexity index is 814. The molecule has 0 amide bonds. The molecule has 2 N–H and O–H groups in total. The fourth-order valence-corrected chi connectivity index (χ4v) is 2.61. The predicted molar refractivity (Wildman–Crippen MR) is 87.1 cm³/mol. The van der Waals surface area contributed by atoms with Crippen LogP contribution in [0.3, 0.4) is 0 Å². The van der Waals surface area contributed by atoms with E-state index in [9.17, 15) is 8.42 Å². The van der Waals surface area contributed by atoms with Gasteiger partial charge < -0.3 is 15.4 Å². The average molecular weight is 359 g/mol. The lowest BCUT2D eigenvalue weighted by Crippen LogP contribution is -2.05. The van der Waals surface area contributed by atoms with E-state index in [1.165, 1.54) is 31.5 Å². The molecule has 1 aromatic carbocycles. The van der Waals surface area contributed by atoms with Crippen LogP contribution in [0.15, 0.2) is 29.3 Å². The minimum Gasteiger partial charge on any atom is -0.495 e. The van der Waals surface area contributed by atoms with E-state index in [0.717, 1.165) is 7.11 Å². The number of aromatic nitrogens is 2. The van der Waals surface area contributed by atoms with E-state index in [0.29, 0.717) is 22.3 Å². The molecule has 8 nitrogen and oxygen atoms in total. The van der Waals surface area contributed by atoms with E-state index < -0.39 is 10.1 Å². The lowest BCUT2D eigenvalue weighted by molar-refractivity contribution is 0.394. The Kier molecular flexibility index (Phi) is 5.24. The predicted octanol–water partition coefficient (Wildman–Crippen LogP) is 2.26. The largest absolute Gasteiger partial charge is 0.495 e. The van der Waals surface area contributed by atoms with Gasteiger partial charge in [-0.1, -0.05) is 11.6 Å². The molecule has 124 valence electrons. The third-order valence-electron chi connectivity index (χ3n) is 2.91. The number of benzene rings is 1. The number of nitrogens with one attached hydrogen (secondary N) is 2. The Morgan fingerprint density at radius 3 is 2.61 bits per heavy atom. The van der Waals surface area contributed by atoms with Gasteiger partial charge in [0.2, 0.25) is 5.95 Å². The molecule has 1 aromatic heterocycles. The summed E-state index contributed by atoms with van der Waals surface area (Å²) in [5.41, 5.74) is 0.493. The van der Waals surface area contributed by atoms with Crippen LogP contribution in [0.5, 0.6) is 5.75 Å². The van der Waals surface area contributed by atoms with E-state index in [-0.39, 0.29) is 10.8 Å². The number of anilines is 3. The van der Waals surface area contributed by atoms with Crippen molar-refractivity contribution in [2.75, 3.05) is 31.9 Å². The van der Waals surface area contributed by atoms with Crippen LogP contribution in [-0.4, -0.2) is 39.7 Å². The highest BCUT2D eigenvalue weighted by Crippen LogP contribution is 2.30. The van der Waals surface area contributed by atoms with Crippen LogP contribution in [0, 0.1) is 0 Å². The zero-order valence-electron chi connectivity index (χ0n) is 12.6. The van der Waals surface area contributed by atoms with Crippen molar-refractivity contribution in [3.05, 3.63) is 29.4 Å². The zero-order valence-corrected chi connectivity index (χ0v) is 14.2. The third-order valence-corrected chi connectivity index (χ3v) is 4.46. The summed E-state index contributed by atoms with van der Waals surface area (Å²) in [6.45, 7) is 0. The van der Waals surface area contributed by atoms with Gasteiger partial charge in [-0.15, -0.1) is 0 Å². The molecule has 0 atom stereocenters. The molecule has 0 saturated carbocycles. The first kappa shape index (κ1) is 17.3. The summed E-state index contributed by atoms with van der Waals surface area (Å²) in [6.07, 6.45) is 1.44. The molecule has 0 radical (unpaired) electrons. The number of ether oxygens (including phenoxy) is 1. The van der Waals surface area contributed by atoms with Crippen molar-refractivity contribution in [1.82, 2.24) is 9.97 Å². The molecular weight excluding hydrogens is 344 g/mol. The molecule has 0 bridgehead atoms. The van der Waals surface area contributed by atoms with Crippen LogP contribution in [0.25, 0.3) is 0 Å². The molecule has 0 saturated heterocycles. The molecule has 0 aliphatic rings. The van der Waals surface area contributed by atoms with Crippen molar-refractivity contribution in [1.29, 1.82) is 0 Å². The maximum atomic E-state index is 11.7. The quantitative estimate of drug-likeness (QED) is 0.758. The first-order chi connectivity index (χ1) is 10.9. The lowest BCUT2D eigenvalue weighted by Gasteiger charge is -2.12. The Hall–Kier alpha value is -2.10. The van der Waals surface area contributed by atoms with E-state index in [1.54, 1.807) is 7.05 Å². The van der Waals surface area contributed by atoms with Crippen LogP contribution in [-0.2, 0) is 14.3 Å². The van der Waals surface area contributed by atoms with Gasteiger partial charge in [-0.3, -0.25) is 4.18 Å². The van der Waals surface area contributed by atoms with Crippen molar-refractivity contribution in [2.45, 2.75) is 4.90 Å². The first-order valence-corrected chi connectivity index (χ1v) is 8.16. The normalized spacial score (nSPS) is 11.1. The maximum Gasteiger partial charge on any atom is 0.296 e. The molecule has 2 rings (SSSR count). The van der Waals surface area contributed by atoms with E-state index in [4.69, 9.17) is 16.3 Å². The van der Waals surface area contributed by atoms with Gasteiger partial charge in [0.25, 0.3) is 10.1 Å². The molecule has 2 aromatic rings. The second-order valence-electron chi connectivity index (χ2n) is 4.25. The highest BCUT2D eigenvalue weighted by atomic mass is 35.5. The second-order valence-corrected chi connectivity index (χ2v) is 6.37. The highest BCUT2D eigenvalue weighted by Gasteiger charge is 2.16. The Morgan fingerprint density at radius 1 is 1.26 bits per heavy atom. The first-order valence-electron chi connectivity index (χ1n) is 6.37. The average Bonchev–Trinajstić information content (AvgIpc) is 2.56. The Balaban J connectivity index is 2.37. The van der Waals surface area contributed by atoms with Gasteiger partial charge in [0, 0.05) is 13.1 Å². The lowest BCUT2D eigenvalue weighted by atomic mass is 10.3. The van der Waals surface area contributed by atoms with Crippen LogP contribution in [0.4, 0.5) is 17.5 Å².